The van der Waals surface area contributed by atoms with Crippen molar-refractivity contribution in [3.8, 4) is 0 Å². The fourth-order valence-corrected chi connectivity index (χ4v) is 4.48. The van der Waals surface area contributed by atoms with Gasteiger partial charge in [0.05, 0.1) is 0 Å². The third kappa shape index (κ3) is 3.29. The van der Waals surface area contributed by atoms with Crippen LogP contribution in [-0.4, -0.2) is 24.5 Å². The zero-order valence-corrected chi connectivity index (χ0v) is 13.1. The topological polar surface area (TPSA) is 96.4 Å². The fraction of sp³-hybridized carbons (Fsp3) is 0.231. The van der Waals surface area contributed by atoms with Gasteiger partial charge in [0.2, 0.25) is 10.0 Å². The number of thiophene rings is 1. The van der Waals surface area contributed by atoms with E-state index in [1.807, 2.05) is 6.92 Å². The molecule has 0 aromatic carbocycles. The van der Waals surface area contributed by atoms with Crippen molar-refractivity contribution in [3.05, 3.63) is 45.4 Å². The summed E-state index contributed by atoms with van der Waals surface area (Å²) in [5.41, 5.74) is 2.08. The lowest BCUT2D eigenvalue weighted by Gasteiger charge is -2.09. The lowest BCUT2D eigenvalue weighted by molar-refractivity contribution is 0.0698. The van der Waals surface area contributed by atoms with Crippen molar-refractivity contribution in [3.63, 3.8) is 0 Å². The van der Waals surface area contributed by atoms with Crippen molar-refractivity contribution in [2.24, 2.45) is 0 Å². The molecule has 0 aliphatic heterocycles. The monoisotopic (exact) mass is 326 g/mol. The first-order valence-electron chi connectivity index (χ1n) is 6.03. The zero-order valence-electron chi connectivity index (χ0n) is 11.5. The summed E-state index contributed by atoms with van der Waals surface area (Å²) in [5, 5.41) is 10.6. The van der Waals surface area contributed by atoms with Crippen molar-refractivity contribution in [2.45, 2.75) is 25.3 Å². The molecule has 8 heteroatoms. The number of hydrogen-bond acceptors (Lipinski definition) is 5. The Morgan fingerprint density at radius 1 is 1.38 bits per heavy atom. The second kappa shape index (κ2) is 5.92. The first-order chi connectivity index (χ1) is 9.83. The molecule has 112 valence electrons. The van der Waals surface area contributed by atoms with Crippen LogP contribution in [0.25, 0.3) is 0 Å². The minimum absolute atomic E-state index is 0.0658. The molecule has 0 atom stereocenters. The highest BCUT2D eigenvalue weighted by Crippen LogP contribution is 2.26. The Morgan fingerprint density at radius 3 is 2.71 bits per heavy atom. The normalized spacial score (nSPS) is 11.5. The Hall–Kier alpha value is -1.77. The molecular formula is C13H14N2O4S2. The quantitative estimate of drug-likeness (QED) is 0.875. The van der Waals surface area contributed by atoms with E-state index in [0.717, 1.165) is 22.5 Å². The smallest absolute Gasteiger partial charge is 0.347 e. The molecule has 0 fully saturated rings. The van der Waals surface area contributed by atoms with E-state index < -0.39 is 16.0 Å². The van der Waals surface area contributed by atoms with E-state index in [-0.39, 0.29) is 16.3 Å². The molecule has 0 unspecified atom stereocenters. The summed E-state index contributed by atoms with van der Waals surface area (Å²) in [4.78, 5) is 14.7. The van der Waals surface area contributed by atoms with Gasteiger partial charge in [-0.1, -0.05) is 0 Å². The molecule has 21 heavy (non-hydrogen) atoms. The fourth-order valence-electron chi connectivity index (χ4n) is 1.84. The van der Waals surface area contributed by atoms with E-state index in [2.05, 4.69) is 9.71 Å². The van der Waals surface area contributed by atoms with E-state index in [1.165, 1.54) is 5.38 Å². The number of nitrogens with one attached hydrogen (secondary N) is 1. The highest BCUT2D eigenvalue weighted by Gasteiger charge is 2.26. The average molecular weight is 326 g/mol. The van der Waals surface area contributed by atoms with Crippen LogP contribution in [0.15, 0.2) is 28.7 Å². The number of carbonyl (C=O) groups is 1. The Labute approximate surface area is 126 Å². The highest BCUT2D eigenvalue weighted by atomic mass is 32.2. The van der Waals surface area contributed by atoms with Gasteiger partial charge >= 0.3 is 5.97 Å². The van der Waals surface area contributed by atoms with Crippen molar-refractivity contribution < 1.29 is 18.3 Å². The SMILES string of the molecule is Cc1ccncc1CNS(=O)(=O)c1c(C)csc1C(=O)O. The van der Waals surface area contributed by atoms with Gasteiger partial charge in [-0.2, -0.15) is 0 Å². The Kier molecular flexibility index (Phi) is 4.40. The van der Waals surface area contributed by atoms with Gasteiger partial charge in [-0.15, -0.1) is 11.3 Å². The number of aromatic carboxylic acids is 1. The van der Waals surface area contributed by atoms with Gasteiger partial charge < -0.3 is 5.11 Å². The van der Waals surface area contributed by atoms with E-state index in [4.69, 9.17) is 5.11 Å². The number of carboxylic acids is 1. The molecule has 2 heterocycles. The number of hydrogen-bond donors (Lipinski definition) is 2. The first-order valence-corrected chi connectivity index (χ1v) is 8.39. The number of aromatic nitrogens is 1. The standard InChI is InChI=1S/C13H14N2O4S2/c1-8-3-4-14-5-10(8)6-15-21(18,19)12-9(2)7-20-11(12)13(16)17/h3-5,7,15H,6H2,1-2H3,(H,16,17). The number of nitrogens with zero attached hydrogens (tertiary/aromatic N) is 1. The molecule has 0 saturated heterocycles. The highest BCUT2D eigenvalue weighted by molar-refractivity contribution is 7.89. The van der Waals surface area contributed by atoms with Gasteiger partial charge in [-0.05, 0) is 42.0 Å². The first kappa shape index (κ1) is 15.6. The zero-order chi connectivity index (χ0) is 15.6. The lowest BCUT2D eigenvalue weighted by Crippen LogP contribution is -2.25. The van der Waals surface area contributed by atoms with Crippen LogP contribution in [0.2, 0.25) is 0 Å². The van der Waals surface area contributed by atoms with E-state index in [1.54, 1.807) is 25.4 Å². The number of pyridine rings is 1. The molecule has 0 aliphatic carbocycles. The van der Waals surface area contributed by atoms with Gasteiger partial charge in [0.15, 0.2) is 0 Å². The minimum Gasteiger partial charge on any atom is -0.477 e. The second-order valence-electron chi connectivity index (χ2n) is 4.51. The molecule has 0 spiro atoms. The summed E-state index contributed by atoms with van der Waals surface area (Å²) in [5.74, 6) is -1.24. The molecule has 2 rings (SSSR count). The second-order valence-corrected chi connectivity index (χ2v) is 7.09. The number of carboxylic acid groups (broad SMARTS) is 1. The molecule has 2 aromatic heterocycles. The molecule has 0 bridgehead atoms. The largest absolute Gasteiger partial charge is 0.477 e. The molecule has 6 nitrogen and oxygen atoms in total. The summed E-state index contributed by atoms with van der Waals surface area (Å²) >= 11 is 0.905. The maximum Gasteiger partial charge on any atom is 0.347 e. The van der Waals surface area contributed by atoms with Gasteiger partial charge in [0, 0.05) is 18.9 Å². The van der Waals surface area contributed by atoms with Crippen LogP contribution in [0.1, 0.15) is 26.4 Å². The molecule has 2 aromatic rings. The average Bonchev–Trinajstić information content (AvgIpc) is 2.81. The Bertz CT molecular complexity index is 781. The molecule has 2 N–H and O–H groups in total. The molecule has 0 radical (unpaired) electrons. The summed E-state index contributed by atoms with van der Waals surface area (Å²) in [7, 11) is -3.89. The molecule has 0 aliphatic rings. The van der Waals surface area contributed by atoms with Gasteiger partial charge in [-0.25, -0.2) is 17.9 Å². The van der Waals surface area contributed by atoms with Gasteiger partial charge in [-0.3, -0.25) is 4.98 Å². The van der Waals surface area contributed by atoms with Crippen LogP contribution in [0, 0.1) is 13.8 Å². The van der Waals surface area contributed by atoms with Gasteiger partial charge in [0.1, 0.15) is 9.77 Å². The van der Waals surface area contributed by atoms with Crippen LogP contribution in [0.5, 0.6) is 0 Å². The number of aryl methyl sites for hydroxylation is 2. The summed E-state index contributed by atoms with van der Waals surface area (Å²) in [6.07, 6.45) is 3.20. The van der Waals surface area contributed by atoms with Crippen LogP contribution in [-0.2, 0) is 16.6 Å². The predicted octanol–water partition coefficient (Wildman–Crippen LogP) is 1.94. The van der Waals surface area contributed by atoms with E-state index in [9.17, 15) is 13.2 Å². The van der Waals surface area contributed by atoms with Crippen molar-refractivity contribution >= 4 is 27.3 Å². The lowest BCUT2D eigenvalue weighted by atomic mass is 10.2. The molecule has 0 amide bonds. The summed E-state index contributed by atoms with van der Waals surface area (Å²) < 4.78 is 27.1. The molecular weight excluding hydrogens is 312 g/mol. The van der Waals surface area contributed by atoms with Crippen molar-refractivity contribution in [1.29, 1.82) is 0 Å². The van der Waals surface area contributed by atoms with Crippen LogP contribution >= 0.6 is 11.3 Å². The van der Waals surface area contributed by atoms with Crippen LogP contribution in [0.4, 0.5) is 0 Å². The maximum atomic E-state index is 12.3. The third-order valence-corrected chi connectivity index (χ3v) is 5.78. The van der Waals surface area contributed by atoms with E-state index in [0.29, 0.717) is 5.56 Å². The molecule has 0 saturated carbocycles. The minimum atomic E-state index is -3.89. The van der Waals surface area contributed by atoms with Crippen LogP contribution in [0.3, 0.4) is 0 Å². The van der Waals surface area contributed by atoms with E-state index >= 15 is 0 Å². The maximum absolute atomic E-state index is 12.3. The Balaban J connectivity index is 2.30. The Morgan fingerprint density at radius 2 is 2.10 bits per heavy atom. The van der Waals surface area contributed by atoms with Gasteiger partial charge in [0.25, 0.3) is 0 Å². The van der Waals surface area contributed by atoms with Crippen molar-refractivity contribution in [2.75, 3.05) is 0 Å². The summed E-state index contributed by atoms with van der Waals surface area (Å²) in [6, 6.07) is 1.78. The third-order valence-electron chi connectivity index (χ3n) is 2.98. The van der Waals surface area contributed by atoms with Crippen molar-refractivity contribution in [1.82, 2.24) is 9.71 Å². The summed E-state index contributed by atoms with van der Waals surface area (Å²) in [6.45, 7) is 3.49. The predicted molar refractivity (Wildman–Crippen MR) is 79.0 cm³/mol. The van der Waals surface area contributed by atoms with Crippen LogP contribution < -0.4 is 4.72 Å². The number of sulfonamides is 1. The number of rotatable bonds is 5.